The Labute approximate surface area is 72.9 Å². The lowest BCUT2D eigenvalue weighted by Crippen LogP contribution is -1.95. The van der Waals surface area contributed by atoms with Crippen molar-refractivity contribution in [2.45, 2.75) is 11.3 Å². The van der Waals surface area contributed by atoms with E-state index in [4.69, 9.17) is 5.26 Å². The number of hydrogen-bond acceptors (Lipinski definition) is 3. The molecule has 1 atom stereocenters. The third-order valence-corrected chi connectivity index (χ3v) is 2.18. The zero-order valence-electron chi connectivity index (χ0n) is 6.19. The van der Waals surface area contributed by atoms with Gasteiger partial charge in [-0.1, -0.05) is 18.2 Å². The van der Waals surface area contributed by atoms with Crippen LogP contribution < -0.4 is 0 Å². The highest BCUT2D eigenvalue weighted by molar-refractivity contribution is 7.79. The fraction of sp³-hybridized carbons (Fsp3) is 0.125. The lowest BCUT2D eigenvalue weighted by Gasteiger charge is -2.08. The zero-order valence-corrected chi connectivity index (χ0v) is 7.00. The van der Waals surface area contributed by atoms with Crippen molar-refractivity contribution in [1.82, 2.24) is 0 Å². The Morgan fingerprint density at radius 2 is 2.17 bits per heavy atom. The first-order valence-corrected chi connectivity index (χ1v) is 4.37. The van der Waals surface area contributed by atoms with E-state index in [0.717, 1.165) is 0 Å². The summed E-state index contributed by atoms with van der Waals surface area (Å²) in [5.41, 5.74) is 0.549. The van der Waals surface area contributed by atoms with Crippen molar-refractivity contribution in [3.05, 3.63) is 29.8 Å². The molecule has 12 heavy (non-hydrogen) atoms. The van der Waals surface area contributed by atoms with Crippen molar-refractivity contribution in [1.29, 1.82) is 5.26 Å². The zero-order chi connectivity index (χ0) is 8.97. The van der Waals surface area contributed by atoms with E-state index in [9.17, 15) is 8.76 Å². The number of rotatable bonds is 2. The van der Waals surface area contributed by atoms with E-state index in [1.54, 1.807) is 18.2 Å². The summed E-state index contributed by atoms with van der Waals surface area (Å²) in [7, 11) is 0. The Kier molecular flexibility index (Phi) is 2.97. The van der Waals surface area contributed by atoms with Gasteiger partial charge in [0.15, 0.2) is 0 Å². The molecule has 0 aliphatic rings. The lowest BCUT2D eigenvalue weighted by atomic mass is 10.2. The molecule has 1 aromatic carbocycles. The molecule has 0 spiro atoms. The first-order chi connectivity index (χ1) is 5.75. The quantitative estimate of drug-likeness (QED) is 0.637. The first-order valence-electron chi connectivity index (χ1n) is 3.30. The molecule has 0 heterocycles. The van der Waals surface area contributed by atoms with Crippen LogP contribution in [0.5, 0.6) is 0 Å². The molecular weight excluding hydrogens is 174 g/mol. The van der Waals surface area contributed by atoms with Crippen LogP contribution in [-0.2, 0) is 17.5 Å². The summed E-state index contributed by atoms with van der Waals surface area (Å²) in [6, 6.07) is 8.36. The number of nitrogens with zero attached hydrogens (tertiary/aromatic N) is 1. The maximum Gasteiger partial charge on any atom is 0.0670 e. The Hall–Kier alpha value is -1.18. The maximum absolute atomic E-state index is 10.6. The summed E-state index contributed by atoms with van der Waals surface area (Å²) in [5, 5.41) is 8.37. The molecule has 0 aliphatic heterocycles. The Balaban J connectivity index is 3.10. The van der Waals surface area contributed by atoms with Crippen molar-refractivity contribution in [2.75, 3.05) is 0 Å². The van der Waals surface area contributed by atoms with E-state index in [-0.39, 0.29) is 11.3 Å². The SMILES string of the molecule is N#CCc1ccccc1S(=O)[O-]. The van der Waals surface area contributed by atoms with Crippen LogP contribution >= 0.6 is 0 Å². The van der Waals surface area contributed by atoms with E-state index in [1.165, 1.54) is 6.07 Å². The Morgan fingerprint density at radius 1 is 1.50 bits per heavy atom. The molecule has 0 radical (unpaired) electrons. The largest absolute Gasteiger partial charge is 0.768 e. The summed E-state index contributed by atoms with van der Waals surface area (Å²) in [4.78, 5) is 0.207. The highest BCUT2D eigenvalue weighted by Crippen LogP contribution is 2.11. The third-order valence-electron chi connectivity index (χ3n) is 1.42. The molecule has 1 aromatic rings. The van der Waals surface area contributed by atoms with Crippen LogP contribution in [0.4, 0.5) is 0 Å². The van der Waals surface area contributed by atoms with E-state index >= 15 is 0 Å². The van der Waals surface area contributed by atoms with Gasteiger partial charge in [-0.25, -0.2) is 0 Å². The van der Waals surface area contributed by atoms with Crippen molar-refractivity contribution in [3.8, 4) is 6.07 Å². The summed E-state index contributed by atoms with van der Waals surface area (Å²) >= 11 is -2.24. The standard InChI is InChI=1S/C8H7NO2S/c9-6-5-7-3-1-2-4-8(7)12(10)11/h1-4H,5H2,(H,10,11)/p-1. The van der Waals surface area contributed by atoms with Gasteiger partial charge in [-0.05, 0) is 22.7 Å². The van der Waals surface area contributed by atoms with Crippen molar-refractivity contribution < 1.29 is 8.76 Å². The molecule has 4 heteroatoms. The minimum Gasteiger partial charge on any atom is -0.768 e. The van der Waals surface area contributed by atoms with Gasteiger partial charge in [-0.15, -0.1) is 0 Å². The number of hydrogen-bond donors (Lipinski definition) is 0. The van der Waals surface area contributed by atoms with Gasteiger partial charge in [-0.3, -0.25) is 4.21 Å². The number of nitriles is 1. The Morgan fingerprint density at radius 3 is 2.75 bits per heavy atom. The second kappa shape index (κ2) is 4.00. The van der Waals surface area contributed by atoms with E-state index in [0.29, 0.717) is 5.56 Å². The molecule has 0 bridgehead atoms. The van der Waals surface area contributed by atoms with Crippen molar-refractivity contribution in [2.24, 2.45) is 0 Å². The van der Waals surface area contributed by atoms with E-state index in [1.807, 2.05) is 6.07 Å². The molecule has 0 aromatic heterocycles. The van der Waals surface area contributed by atoms with Crippen molar-refractivity contribution >= 4 is 11.1 Å². The first kappa shape index (κ1) is 8.91. The topological polar surface area (TPSA) is 63.9 Å². The van der Waals surface area contributed by atoms with Gasteiger partial charge < -0.3 is 4.55 Å². The van der Waals surface area contributed by atoms with Gasteiger partial charge in [-0.2, -0.15) is 5.26 Å². The van der Waals surface area contributed by atoms with Crippen LogP contribution in [0.3, 0.4) is 0 Å². The van der Waals surface area contributed by atoms with Gasteiger partial charge in [0.05, 0.1) is 12.5 Å². The number of benzene rings is 1. The third kappa shape index (κ3) is 1.91. The average molecular weight is 180 g/mol. The molecular formula is C8H6NO2S-. The Bertz CT molecular complexity index is 343. The fourth-order valence-corrected chi connectivity index (χ4v) is 1.44. The summed E-state index contributed by atoms with van der Waals surface area (Å²) in [6.45, 7) is 0. The summed E-state index contributed by atoms with van der Waals surface area (Å²) < 4.78 is 21.2. The minimum atomic E-state index is -2.24. The summed E-state index contributed by atoms with van der Waals surface area (Å²) in [5.74, 6) is 0. The van der Waals surface area contributed by atoms with Crippen LogP contribution in [0.2, 0.25) is 0 Å². The van der Waals surface area contributed by atoms with Crippen LogP contribution in [0.15, 0.2) is 29.2 Å². The normalized spacial score (nSPS) is 12.0. The van der Waals surface area contributed by atoms with Crippen LogP contribution in [0, 0.1) is 11.3 Å². The van der Waals surface area contributed by atoms with Gasteiger partial charge in [0, 0.05) is 4.90 Å². The summed E-state index contributed by atoms with van der Waals surface area (Å²) in [6.07, 6.45) is 0.129. The van der Waals surface area contributed by atoms with Gasteiger partial charge >= 0.3 is 0 Å². The molecule has 0 aliphatic carbocycles. The van der Waals surface area contributed by atoms with Crippen LogP contribution in [-0.4, -0.2) is 8.76 Å². The predicted molar refractivity (Wildman–Crippen MR) is 42.9 cm³/mol. The second-order valence-electron chi connectivity index (χ2n) is 2.18. The molecule has 0 saturated carbocycles. The molecule has 1 rings (SSSR count). The lowest BCUT2D eigenvalue weighted by molar-refractivity contribution is 0.536. The van der Waals surface area contributed by atoms with E-state index in [2.05, 4.69) is 0 Å². The monoisotopic (exact) mass is 180 g/mol. The molecule has 0 fully saturated rings. The van der Waals surface area contributed by atoms with Gasteiger partial charge in [0.1, 0.15) is 0 Å². The fourth-order valence-electron chi connectivity index (χ4n) is 0.898. The predicted octanol–water partition coefficient (Wildman–Crippen LogP) is 0.991. The smallest absolute Gasteiger partial charge is 0.0670 e. The second-order valence-corrected chi connectivity index (χ2v) is 3.09. The molecule has 0 amide bonds. The van der Waals surface area contributed by atoms with Crippen molar-refractivity contribution in [3.63, 3.8) is 0 Å². The molecule has 3 nitrogen and oxygen atoms in total. The maximum atomic E-state index is 10.6. The highest BCUT2D eigenvalue weighted by Gasteiger charge is 1.99. The van der Waals surface area contributed by atoms with Gasteiger partial charge in [0.2, 0.25) is 0 Å². The molecule has 0 saturated heterocycles. The van der Waals surface area contributed by atoms with Crippen LogP contribution in [0.1, 0.15) is 5.56 Å². The van der Waals surface area contributed by atoms with E-state index < -0.39 is 11.1 Å². The van der Waals surface area contributed by atoms with Gasteiger partial charge in [0.25, 0.3) is 0 Å². The molecule has 0 N–H and O–H groups in total. The highest BCUT2D eigenvalue weighted by atomic mass is 32.2. The molecule has 62 valence electrons. The minimum absolute atomic E-state index is 0.129. The van der Waals surface area contributed by atoms with Crippen LogP contribution in [0.25, 0.3) is 0 Å². The molecule has 1 unspecified atom stereocenters. The average Bonchev–Trinajstić information content (AvgIpc) is 2.05.